The molecular formula is C14H19NO3. The number of ether oxygens (including phenoxy) is 2. The summed E-state index contributed by atoms with van der Waals surface area (Å²) < 4.78 is 10.7. The zero-order valence-corrected chi connectivity index (χ0v) is 10.8. The van der Waals surface area contributed by atoms with Crippen LogP contribution in [-0.4, -0.2) is 37.3 Å². The van der Waals surface area contributed by atoms with Gasteiger partial charge in [-0.05, 0) is 12.1 Å². The monoisotopic (exact) mass is 249 g/mol. The summed E-state index contributed by atoms with van der Waals surface area (Å²) in [4.78, 5) is 2.13. The molecule has 0 saturated carbocycles. The molecule has 0 unspecified atom stereocenters. The van der Waals surface area contributed by atoms with Crippen LogP contribution in [0.15, 0.2) is 24.8 Å². The number of β-amino-alcohol motifs (C(OH)–C–C–N with tert-alkyl or cyclic N) is 1. The van der Waals surface area contributed by atoms with E-state index in [2.05, 4.69) is 11.5 Å². The third kappa shape index (κ3) is 2.21. The van der Waals surface area contributed by atoms with Gasteiger partial charge in [-0.2, -0.15) is 0 Å². The summed E-state index contributed by atoms with van der Waals surface area (Å²) in [6.45, 7) is 5.80. The molecule has 0 saturated heterocycles. The Kier molecular flexibility index (Phi) is 3.89. The molecule has 0 aromatic heterocycles. The molecule has 0 radical (unpaired) electrons. The number of fused-ring (bicyclic) bond motifs is 1. The van der Waals surface area contributed by atoms with E-state index in [0.717, 1.165) is 35.7 Å². The first kappa shape index (κ1) is 12.9. The van der Waals surface area contributed by atoms with E-state index >= 15 is 0 Å². The zero-order valence-electron chi connectivity index (χ0n) is 10.8. The maximum absolute atomic E-state index is 10.3. The van der Waals surface area contributed by atoms with Gasteiger partial charge in [-0.1, -0.05) is 6.08 Å². The molecule has 0 aliphatic carbocycles. The highest BCUT2D eigenvalue weighted by molar-refractivity contribution is 5.51. The van der Waals surface area contributed by atoms with Crippen molar-refractivity contribution < 1.29 is 14.6 Å². The lowest BCUT2D eigenvalue weighted by atomic mass is 9.95. The van der Waals surface area contributed by atoms with Gasteiger partial charge in [0.15, 0.2) is 0 Å². The van der Waals surface area contributed by atoms with Crippen LogP contribution < -0.4 is 9.47 Å². The van der Waals surface area contributed by atoms with E-state index in [1.165, 1.54) is 0 Å². The van der Waals surface area contributed by atoms with Crippen molar-refractivity contribution in [2.24, 2.45) is 0 Å². The van der Waals surface area contributed by atoms with E-state index in [-0.39, 0.29) is 0 Å². The number of nitrogens with zero attached hydrogens (tertiary/aromatic N) is 1. The first-order valence-corrected chi connectivity index (χ1v) is 5.96. The summed E-state index contributed by atoms with van der Waals surface area (Å²) in [7, 11) is 3.26. The molecule has 1 aliphatic heterocycles. The SMILES string of the molecule is C=CCN1Cc2c(OC)ccc(OC)c2[C@H](O)C1. The highest BCUT2D eigenvalue weighted by atomic mass is 16.5. The largest absolute Gasteiger partial charge is 0.496 e. The number of hydrogen-bond acceptors (Lipinski definition) is 4. The van der Waals surface area contributed by atoms with Gasteiger partial charge in [0.25, 0.3) is 0 Å². The van der Waals surface area contributed by atoms with Crippen molar-refractivity contribution in [3.63, 3.8) is 0 Å². The average molecular weight is 249 g/mol. The number of hydrogen-bond donors (Lipinski definition) is 1. The lowest BCUT2D eigenvalue weighted by molar-refractivity contribution is 0.0953. The molecule has 1 aromatic carbocycles. The van der Waals surface area contributed by atoms with Crippen molar-refractivity contribution >= 4 is 0 Å². The molecular weight excluding hydrogens is 230 g/mol. The second-order valence-electron chi connectivity index (χ2n) is 4.36. The number of aliphatic hydroxyl groups is 1. The predicted octanol–water partition coefficient (Wildman–Crippen LogP) is 1.74. The Bertz CT molecular complexity index is 445. The van der Waals surface area contributed by atoms with Crippen molar-refractivity contribution in [2.45, 2.75) is 12.6 Å². The maximum Gasteiger partial charge on any atom is 0.125 e. The summed E-state index contributed by atoms with van der Waals surface area (Å²) in [5, 5.41) is 10.3. The maximum atomic E-state index is 10.3. The fourth-order valence-electron chi connectivity index (χ4n) is 2.47. The predicted molar refractivity (Wildman–Crippen MR) is 70.0 cm³/mol. The number of methoxy groups -OCH3 is 2. The van der Waals surface area contributed by atoms with Crippen LogP contribution >= 0.6 is 0 Å². The van der Waals surface area contributed by atoms with Gasteiger partial charge in [0.05, 0.1) is 20.3 Å². The molecule has 4 nitrogen and oxygen atoms in total. The van der Waals surface area contributed by atoms with Gasteiger partial charge in [0.1, 0.15) is 11.5 Å². The lowest BCUT2D eigenvalue weighted by Crippen LogP contribution is -2.34. The summed E-state index contributed by atoms with van der Waals surface area (Å²) in [5.41, 5.74) is 1.84. The molecule has 1 atom stereocenters. The lowest BCUT2D eigenvalue weighted by Gasteiger charge is -2.33. The third-order valence-electron chi connectivity index (χ3n) is 3.25. The third-order valence-corrected chi connectivity index (χ3v) is 3.25. The fourth-order valence-corrected chi connectivity index (χ4v) is 2.47. The van der Waals surface area contributed by atoms with Crippen LogP contribution in [0.25, 0.3) is 0 Å². The molecule has 0 bridgehead atoms. The van der Waals surface area contributed by atoms with Crippen LogP contribution in [0.3, 0.4) is 0 Å². The van der Waals surface area contributed by atoms with Gasteiger partial charge in [-0.15, -0.1) is 6.58 Å². The van der Waals surface area contributed by atoms with Crippen molar-refractivity contribution in [1.29, 1.82) is 0 Å². The smallest absolute Gasteiger partial charge is 0.125 e. The molecule has 0 spiro atoms. The zero-order chi connectivity index (χ0) is 13.1. The van der Waals surface area contributed by atoms with Crippen LogP contribution in [0.2, 0.25) is 0 Å². The molecule has 4 heteroatoms. The molecule has 98 valence electrons. The minimum absolute atomic E-state index is 0.557. The van der Waals surface area contributed by atoms with Gasteiger partial charge in [-0.25, -0.2) is 0 Å². The minimum atomic E-state index is -0.557. The van der Waals surface area contributed by atoms with E-state index in [1.54, 1.807) is 14.2 Å². The molecule has 1 aromatic rings. The van der Waals surface area contributed by atoms with Crippen LogP contribution in [0.1, 0.15) is 17.2 Å². The molecule has 2 rings (SSSR count). The van der Waals surface area contributed by atoms with Crippen LogP contribution in [0.4, 0.5) is 0 Å². The quantitative estimate of drug-likeness (QED) is 0.825. The van der Waals surface area contributed by atoms with Crippen LogP contribution in [-0.2, 0) is 6.54 Å². The van der Waals surface area contributed by atoms with Crippen LogP contribution in [0.5, 0.6) is 11.5 Å². The Balaban J connectivity index is 2.45. The van der Waals surface area contributed by atoms with Crippen molar-refractivity contribution in [2.75, 3.05) is 27.3 Å². The first-order valence-electron chi connectivity index (χ1n) is 5.96. The summed E-state index contributed by atoms with van der Waals surface area (Å²) >= 11 is 0. The molecule has 1 heterocycles. The Hall–Kier alpha value is -1.52. The Labute approximate surface area is 107 Å². The van der Waals surface area contributed by atoms with Gasteiger partial charge in [0.2, 0.25) is 0 Å². The summed E-state index contributed by atoms with van der Waals surface area (Å²) in [6, 6.07) is 3.71. The number of aliphatic hydroxyl groups excluding tert-OH is 1. The van der Waals surface area contributed by atoms with Gasteiger partial charge in [-0.3, -0.25) is 4.90 Å². The summed E-state index contributed by atoms with van der Waals surface area (Å²) in [5.74, 6) is 1.51. The Morgan fingerprint density at radius 2 is 2.06 bits per heavy atom. The standard InChI is InChI=1S/C14H19NO3/c1-4-7-15-8-10-12(17-2)5-6-13(18-3)14(10)11(16)9-15/h4-6,11,16H,1,7-9H2,2-3H3/t11-/m1/s1. The fraction of sp³-hybridized carbons (Fsp3) is 0.429. The van der Waals surface area contributed by atoms with Crippen molar-refractivity contribution in [3.8, 4) is 11.5 Å². The molecule has 0 amide bonds. The summed E-state index contributed by atoms with van der Waals surface area (Å²) in [6.07, 6.45) is 1.28. The Morgan fingerprint density at radius 1 is 1.39 bits per heavy atom. The van der Waals surface area contributed by atoms with Gasteiger partial charge in [0, 0.05) is 30.8 Å². The van der Waals surface area contributed by atoms with E-state index in [1.807, 2.05) is 18.2 Å². The average Bonchev–Trinajstić information content (AvgIpc) is 2.37. The second-order valence-corrected chi connectivity index (χ2v) is 4.36. The van der Waals surface area contributed by atoms with Gasteiger partial charge < -0.3 is 14.6 Å². The minimum Gasteiger partial charge on any atom is -0.496 e. The van der Waals surface area contributed by atoms with Gasteiger partial charge >= 0.3 is 0 Å². The van der Waals surface area contributed by atoms with Crippen molar-refractivity contribution in [3.05, 3.63) is 35.9 Å². The molecule has 0 fully saturated rings. The van der Waals surface area contributed by atoms with Crippen LogP contribution in [0, 0.1) is 0 Å². The topological polar surface area (TPSA) is 41.9 Å². The van der Waals surface area contributed by atoms with E-state index in [9.17, 15) is 5.11 Å². The first-order chi connectivity index (χ1) is 8.71. The number of benzene rings is 1. The van der Waals surface area contributed by atoms with E-state index in [4.69, 9.17) is 9.47 Å². The highest BCUT2D eigenvalue weighted by Crippen LogP contribution is 2.39. The molecule has 1 N–H and O–H groups in total. The molecule has 1 aliphatic rings. The number of rotatable bonds is 4. The van der Waals surface area contributed by atoms with E-state index < -0.39 is 6.10 Å². The molecule has 18 heavy (non-hydrogen) atoms. The van der Waals surface area contributed by atoms with Crippen molar-refractivity contribution in [1.82, 2.24) is 4.90 Å². The normalized spacial score (nSPS) is 19.2. The Morgan fingerprint density at radius 3 is 2.67 bits per heavy atom. The highest BCUT2D eigenvalue weighted by Gasteiger charge is 2.28. The second kappa shape index (κ2) is 5.42. The van der Waals surface area contributed by atoms with E-state index in [0.29, 0.717) is 6.54 Å².